The first-order valence-electron chi connectivity index (χ1n) is 12.9. The van der Waals surface area contributed by atoms with Crippen molar-refractivity contribution in [2.24, 2.45) is 23.7 Å². The smallest absolute Gasteiger partial charge is 0.220 e. The Morgan fingerprint density at radius 2 is 1.61 bits per heavy atom. The molecule has 0 atom stereocenters. The Kier molecular flexibility index (Phi) is 8.53. The molecule has 1 aliphatic heterocycles. The number of nitrogens with one attached hydrogen (secondary N) is 1. The van der Waals surface area contributed by atoms with Gasteiger partial charge in [-0.2, -0.15) is 0 Å². The van der Waals surface area contributed by atoms with Gasteiger partial charge in [0, 0.05) is 30.6 Å². The fourth-order valence-electron chi connectivity index (χ4n) is 5.97. The molecule has 3 fully saturated rings. The molecule has 182 valence electrons. The van der Waals surface area contributed by atoms with E-state index in [0.29, 0.717) is 29.9 Å². The van der Waals surface area contributed by atoms with E-state index in [4.69, 9.17) is 5.11 Å². The minimum absolute atomic E-state index is 0.0558. The highest BCUT2D eigenvalue weighted by molar-refractivity contribution is 5.97. The Hall–Kier alpha value is -1.79. The summed E-state index contributed by atoms with van der Waals surface area (Å²) >= 11 is 0. The molecular formula is C27H39FN2O3. The molecule has 4 rings (SSSR count). The summed E-state index contributed by atoms with van der Waals surface area (Å²) < 4.78 is 13.1. The molecule has 0 spiro atoms. The Bertz CT molecular complexity index is 777. The van der Waals surface area contributed by atoms with Crippen molar-refractivity contribution in [3.63, 3.8) is 0 Å². The van der Waals surface area contributed by atoms with Crippen LogP contribution in [0.3, 0.4) is 0 Å². The van der Waals surface area contributed by atoms with Crippen LogP contribution >= 0.6 is 0 Å². The molecule has 6 heteroatoms. The molecule has 1 aromatic rings. The van der Waals surface area contributed by atoms with E-state index in [1.54, 1.807) is 12.1 Å². The van der Waals surface area contributed by atoms with Crippen molar-refractivity contribution in [3.05, 3.63) is 35.6 Å². The van der Waals surface area contributed by atoms with Crippen molar-refractivity contribution in [3.8, 4) is 0 Å². The third-order valence-electron chi connectivity index (χ3n) is 8.22. The van der Waals surface area contributed by atoms with Crippen molar-refractivity contribution in [2.75, 3.05) is 26.2 Å². The van der Waals surface area contributed by atoms with E-state index < -0.39 is 0 Å². The third kappa shape index (κ3) is 6.86. The van der Waals surface area contributed by atoms with E-state index >= 15 is 0 Å². The van der Waals surface area contributed by atoms with E-state index in [1.807, 2.05) is 0 Å². The van der Waals surface area contributed by atoms with Crippen molar-refractivity contribution in [1.82, 2.24) is 10.2 Å². The number of benzene rings is 1. The number of likely N-dealkylation sites (tertiary alicyclic amines) is 1. The van der Waals surface area contributed by atoms with Gasteiger partial charge in [0.15, 0.2) is 5.78 Å². The highest BCUT2D eigenvalue weighted by atomic mass is 19.1. The molecule has 0 radical (unpaired) electrons. The van der Waals surface area contributed by atoms with Gasteiger partial charge in [0.2, 0.25) is 5.91 Å². The monoisotopic (exact) mass is 458 g/mol. The van der Waals surface area contributed by atoms with Gasteiger partial charge in [0.1, 0.15) is 5.82 Å². The van der Waals surface area contributed by atoms with Crippen molar-refractivity contribution in [1.29, 1.82) is 0 Å². The van der Waals surface area contributed by atoms with Crippen molar-refractivity contribution in [2.45, 2.75) is 70.3 Å². The summed E-state index contributed by atoms with van der Waals surface area (Å²) in [6, 6.07) is 6.26. The summed E-state index contributed by atoms with van der Waals surface area (Å²) in [7, 11) is 0. The van der Waals surface area contributed by atoms with Crippen LogP contribution in [0.15, 0.2) is 24.3 Å². The standard InChI is InChI=1S/C27H39FN2O3/c28-24-5-3-22(4-6-24)27(33)23-10-13-30(14-11-23)12-9-19-1-7-25(8-2-19)29-26(32)17-20-15-21(16-20)18-31/h3-6,19-21,23,25,31H,1-2,7-18H2,(H,29,32). The molecule has 0 bridgehead atoms. The number of halogens is 1. The highest BCUT2D eigenvalue weighted by Gasteiger charge is 2.31. The maximum atomic E-state index is 13.1. The topological polar surface area (TPSA) is 69.6 Å². The molecule has 1 saturated heterocycles. The molecule has 2 saturated carbocycles. The lowest BCUT2D eigenvalue weighted by Gasteiger charge is -2.35. The number of hydrogen-bond acceptors (Lipinski definition) is 4. The molecule has 1 aromatic carbocycles. The fraction of sp³-hybridized carbons (Fsp3) is 0.704. The van der Waals surface area contributed by atoms with Crippen LogP contribution in [0.25, 0.3) is 0 Å². The van der Waals surface area contributed by atoms with E-state index in [-0.39, 0.29) is 30.0 Å². The number of carbonyl (C=O) groups excluding carboxylic acids is 2. The first-order valence-corrected chi connectivity index (χ1v) is 12.9. The number of Topliss-reactive ketones (excluding diaryl/α,β-unsaturated/α-hetero) is 1. The summed E-state index contributed by atoms with van der Waals surface area (Å²) in [6.45, 7) is 3.27. The lowest BCUT2D eigenvalue weighted by atomic mass is 9.73. The first-order chi connectivity index (χ1) is 16.0. The summed E-state index contributed by atoms with van der Waals surface area (Å²) in [4.78, 5) is 27.4. The summed E-state index contributed by atoms with van der Waals surface area (Å²) in [5.41, 5.74) is 0.626. The third-order valence-corrected chi connectivity index (χ3v) is 8.22. The van der Waals surface area contributed by atoms with Crippen LogP contribution in [0, 0.1) is 29.5 Å². The predicted octanol–water partition coefficient (Wildman–Crippen LogP) is 4.19. The van der Waals surface area contributed by atoms with E-state index in [2.05, 4.69) is 10.2 Å². The minimum atomic E-state index is -0.302. The highest BCUT2D eigenvalue weighted by Crippen LogP contribution is 2.36. The Labute approximate surface area is 197 Å². The minimum Gasteiger partial charge on any atom is -0.396 e. The number of nitrogens with zero attached hydrogens (tertiary/aromatic N) is 1. The molecule has 2 aliphatic carbocycles. The maximum Gasteiger partial charge on any atom is 0.220 e. The van der Waals surface area contributed by atoms with E-state index in [1.165, 1.54) is 31.4 Å². The lowest BCUT2D eigenvalue weighted by Crippen LogP contribution is -2.41. The number of aliphatic hydroxyl groups is 1. The predicted molar refractivity (Wildman–Crippen MR) is 126 cm³/mol. The Morgan fingerprint density at radius 3 is 2.24 bits per heavy atom. The number of rotatable bonds is 9. The van der Waals surface area contributed by atoms with Gasteiger partial charge in [-0.05, 0) is 119 Å². The van der Waals surface area contributed by atoms with Gasteiger partial charge in [0.05, 0.1) is 0 Å². The van der Waals surface area contributed by atoms with Gasteiger partial charge in [-0.3, -0.25) is 9.59 Å². The van der Waals surface area contributed by atoms with Crippen molar-refractivity contribution >= 4 is 11.7 Å². The number of piperidine rings is 1. The van der Waals surface area contributed by atoms with Crippen LogP contribution in [0.5, 0.6) is 0 Å². The Morgan fingerprint density at radius 1 is 0.939 bits per heavy atom. The largest absolute Gasteiger partial charge is 0.396 e. The van der Waals surface area contributed by atoms with E-state index in [9.17, 15) is 14.0 Å². The summed E-state index contributed by atoms with van der Waals surface area (Å²) in [6.07, 6.45) is 10.1. The lowest BCUT2D eigenvalue weighted by molar-refractivity contribution is -0.124. The number of ketones is 1. The molecule has 0 aromatic heterocycles. The fourth-order valence-corrected chi connectivity index (χ4v) is 5.97. The van der Waals surface area contributed by atoms with Crippen LogP contribution in [0.4, 0.5) is 4.39 Å². The summed E-state index contributed by atoms with van der Waals surface area (Å²) in [5.74, 6) is 1.71. The number of amides is 1. The second kappa shape index (κ2) is 11.6. The normalized spacial score (nSPS) is 28.8. The first kappa shape index (κ1) is 24.3. The van der Waals surface area contributed by atoms with Gasteiger partial charge in [0.25, 0.3) is 0 Å². The van der Waals surface area contributed by atoms with Crippen LogP contribution in [-0.4, -0.2) is 54.0 Å². The second-order valence-corrected chi connectivity index (χ2v) is 10.7. The van der Waals surface area contributed by atoms with E-state index in [0.717, 1.165) is 64.1 Å². The number of carbonyl (C=O) groups is 2. The van der Waals surface area contributed by atoms with Crippen LogP contribution in [0.2, 0.25) is 0 Å². The zero-order chi connectivity index (χ0) is 23.2. The summed E-state index contributed by atoms with van der Waals surface area (Å²) in [5, 5.41) is 12.4. The Balaban J connectivity index is 1.08. The zero-order valence-corrected chi connectivity index (χ0v) is 19.7. The molecule has 2 N–H and O–H groups in total. The molecule has 1 heterocycles. The SMILES string of the molecule is O=C(CC1CC(CO)C1)NC1CCC(CCN2CCC(C(=O)c3ccc(F)cc3)CC2)CC1. The van der Waals surface area contributed by atoms with Crippen molar-refractivity contribution < 1.29 is 19.1 Å². The molecule has 1 amide bonds. The van der Waals surface area contributed by atoms with Crippen LogP contribution in [0.1, 0.15) is 74.6 Å². The van der Waals surface area contributed by atoms with Crippen LogP contribution < -0.4 is 5.32 Å². The molecule has 3 aliphatic rings. The number of hydrogen-bond donors (Lipinski definition) is 2. The van der Waals surface area contributed by atoms with Gasteiger partial charge in [-0.25, -0.2) is 4.39 Å². The zero-order valence-electron chi connectivity index (χ0n) is 19.7. The molecule has 33 heavy (non-hydrogen) atoms. The maximum absolute atomic E-state index is 13.1. The van der Waals surface area contributed by atoms with Gasteiger partial charge in [-0.1, -0.05) is 0 Å². The average molecular weight is 459 g/mol. The van der Waals surface area contributed by atoms with Crippen LogP contribution in [-0.2, 0) is 4.79 Å². The second-order valence-electron chi connectivity index (χ2n) is 10.7. The van der Waals surface area contributed by atoms with Gasteiger partial charge >= 0.3 is 0 Å². The number of aliphatic hydroxyl groups excluding tert-OH is 1. The molecular weight excluding hydrogens is 419 g/mol. The quantitative estimate of drug-likeness (QED) is 0.545. The average Bonchev–Trinajstić information content (AvgIpc) is 2.81. The van der Waals surface area contributed by atoms with Gasteiger partial charge in [-0.15, -0.1) is 0 Å². The molecule has 0 unspecified atom stereocenters. The van der Waals surface area contributed by atoms with Gasteiger partial charge < -0.3 is 15.3 Å². The molecule has 5 nitrogen and oxygen atoms in total.